The van der Waals surface area contributed by atoms with Crippen LogP contribution in [0.5, 0.6) is 0 Å². The van der Waals surface area contributed by atoms with Gasteiger partial charge in [-0.1, -0.05) is 25.1 Å². The summed E-state index contributed by atoms with van der Waals surface area (Å²) in [6.07, 6.45) is 1.77. The Kier molecular flexibility index (Phi) is 5.37. The highest BCUT2D eigenvalue weighted by Crippen LogP contribution is 2.29. The van der Waals surface area contributed by atoms with E-state index in [1.807, 2.05) is 12.1 Å². The lowest BCUT2D eigenvalue weighted by Gasteiger charge is -2.33. The van der Waals surface area contributed by atoms with Crippen LogP contribution in [-0.4, -0.2) is 35.2 Å². The number of hydrogen-bond donors (Lipinski definition) is 2. The predicted molar refractivity (Wildman–Crippen MR) is 82.6 cm³/mol. The molecule has 1 aromatic rings. The molecule has 2 N–H and O–H groups in total. The molecule has 1 saturated heterocycles. The summed E-state index contributed by atoms with van der Waals surface area (Å²) < 4.78 is 33.2. The van der Waals surface area contributed by atoms with Gasteiger partial charge in [-0.15, -0.1) is 0 Å². The Balaban J connectivity index is 2.11. The Morgan fingerprint density at radius 3 is 2.57 bits per heavy atom. The van der Waals surface area contributed by atoms with E-state index in [1.165, 1.54) is 0 Å². The van der Waals surface area contributed by atoms with Gasteiger partial charge in [-0.3, -0.25) is 0 Å². The monoisotopic (exact) mass is 312 g/mol. The van der Waals surface area contributed by atoms with Crippen LogP contribution in [0.1, 0.15) is 25.3 Å². The van der Waals surface area contributed by atoms with Gasteiger partial charge >= 0.3 is 0 Å². The lowest BCUT2D eigenvalue weighted by Crippen LogP contribution is -2.39. The van der Waals surface area contributed by atoms with E-state index < -0.39 is 10.0 Å². The predicted octanol–water partition coefficient (Wildman–Crippen LogP) is 1.50. The quantitative estimate of drug-likeness (QED) is 0.835. The first kappa shape index (κ1) is 16.4. The average molecular weight is 312 g/mol. The minimum atomic E-state index is -3.48. The molecule has 1 fully saturated rings. The molecule has 118 valence electrons. The Bertz CT molecular complexity index is 566. The number of benzene rings is 1. The van der Waals surface area contributed by atoms with Crippen LogP contribution in [0, 0.1) is 5.41 Å². The molecule has 0 atom stereocenters. The maximum atomic E-state index is 12.5. The van der Waals surface area contributed by atoms with Crippen molar-refractivity contribution < 1.29 is 13.2 Å². The molecule has 0 unspecified atom stereocenters. The van der Waals surface area contributed by atoms with Crippen molar-refractivity contribution in [1.82, 2.24) is 10.0 Å². The second kappa shape index (κ2) is 6.87. The fourth-order valence-electron chi connectivity index (χ4n) is 2.49. The molecule has 1 aromatic carbocycles. The van der Waals surface area contributed by atoms with Crippen molar-refractivity contribution in [2.45, 2.75) is 31.2 Å². The van der Waals surface area contributed by atoms with Crippen molar-refractivity contribution in [3.05, 3.63) is 29.8 Å². The second-order valence-electron chi connectivity index (χ2n) is 5.89. The van der Waals surface area contributed by atoms with Crippen molar-refractivity contribution in [2.24, 2.45) is 5.41 Å². The molecule has 5 nitrogen and oxygen atoms in total. The Morgan fingerprint density at radius 2 is 1.90 bits per heavy atom. The number of hydrogen-bond acceptors (Lipinski definition) is 4. The summed E-state index contributed by atoms with van der Waals surface area (Å²) in [4.78, 5) is 0.356. The van der Waals surface area contributed by atoms with E-state index in [2.05, 4.69) is 17.0 Å². The van der Waals surface area contributed by atoms with Crippen LogP contribution in [-0.2, 0) is 21.3 Å². The maximum absolute atomic E-state index is 12.5. The summed E-state index contributed by atoms with van der Waals surface area (Å²) in [7, 11) is -1.68. The third-order valence-corrected chi connectivity index (χ3v) is 5.52. The molecule has 1 aliphatic heterocycles. The smallest absolute Gasteiger partial charge is 0.240 e. The van der Waals surface area contributed by atoms with Crippen LogP contribution in [0.2, 0.25) is 0 Å². The van der Waals surface area contributed by atoms with Crippen LogP contribution in [0.4, 0.5) is 0 Å². The summed E-state index contributed by atoms with van der Waals surface area (Å²) in [5, 5.41) is 3.00. The van der Waals surface area contributed by atoms with E-state index in [1.54, 1.807) is 19.2 Å². The molecule has 0 aliphatic carbocycles. The SMILES string of the molecule is CNCc1ccccc1S(=O)(=O)NCC1(C)CCOCC1. The highest BCUT2D eigenvalue weighted by Gasteiger charge is 2.29. The van der Waals surface area contributed by atoms with Gasteiger partial charge in [0.05, 0.1) is 4.90 Å². The van der Waals surface area contributed by atoms with Crippen molar-refractivity contribution in [3.8, 4) is 0 Å². The van der Waals surface area contributed by atoms with Crippen molar-refractivity contribution in [1.29, 1.82) is 0 Å². The summed E-state index contributed by atoms with van der Waals surface area (Å²) in [5.74, 6) is 0. The number of ether oxygens (including phenoxy) is 1. The highest BCUT2D eigenvalue weighted by molar-refractivity contribution is 7.89. The first-order valence-electron chi connectivity index (χ1n) is 7.27. The van der Waals surface area contributed by atoms with Crippen molar-refractivity contribution in [3.63, 3.8) is 0 Å². The fraction of sp³-hybridized carbons (Fsp3) is 0.600. The topological polar surface area (TPSA) is 67.4 Å². The third kappa shape index (κ3) is 4.26. The molecule has 0 saturated carbocycles. The van der Waals surface area contributed by atoms with Crippen molar-refractivity contribution in [2.75, 3.05) is 26.8 Å². The first-order chi connectivity index (χ1) is 9.97. The van der Waals surface area contributed by atoms with E-state index in [9.17, 15) is 8.42 Å². The van der Waals surface area contributed by atoms with Gasteiger partial charge in [0.25, 0.3) is 0 Å². The van der Waals surface area contributed by atoms with Crippen LogP contribution >= 0.6 is 0 Å². The van der Waals surface area contributed by atoms with Gasteiger partial charge in [0.1, 0.15) is 0 Å². The molecular weight excluding hydrogens is 288 g/mol. The van der Waals surface area contributed by atoms with Crippen LogP contribution in [0.15, 0.2) is 29.2 Å². The Morgan fingerprint density at radius 1 is 1.24 bits per heavy atom. The molecule has 0 radical (unpaired) electrons. The lowest BCUT2D eigenvalue weighted by molar-refractivity contribution is 0.0264. The number of nitrogens with one attached hydrogen (secondary N) is 2. The van der Waals surface area contributed by atoms with E-state index in [0.29, 0.717) is 31.2 Å². The standard InChI is InChI=1S/C15H24N2O3S/c1-15(7-9-20-10-8-15)12-17-21(18,19)14-6-4-3-5-13(14)11-16-2/h3-6,16-17H,7-12H2,1-2H3. The molecule has 2 rings (SSSR count). The zero-order valence-electron chi connectivity index (χ0n) is 12.7. The Hall–Kier alpha value is -0.950. The van der Waals surface area contributed by atoms with Gasteiger partial charge in [-0.05, 0) is 36.9 Å². The minimum absolute atomic E-state index is 0.0245. The average Bonchev–Trinajstić information content (AvgIpc) is 2.47. The largest absolute Gasteiger partial charge is 0.381 e. The first-order valence-corrected chi connectivity index (χ1v) is 8.75. The molecule has 6 heteroatoms. The molecule has 0 spiro atoms. The Labute approximate surface area is 127 Å². The van der Waals surface area contributed by atoms with E-state index in [0.717, 1.165) is 18.4 Å². The van der Waals surface area contributed by atoms with Gasteiger partial charge in [0, 0.05) is 26.3 Å². The zero-order valence-corrected chi connectivity index (χ0v) is 13.5. The summed E-state index contributed by atoms with van der Waals surface area (Å²) in [6.45, 7) is 4.50. The molecule has 0 bridgehead atoms. The molecule has 1 heterocycles. The van der Waals surface area contributed by atoms with E-state index in [4.69, 9.17) is 4.74 Å². The highest BCUT2D eigenvalue weighted by atomic mass is 32.2. The molecular formula is C15H24N2O3S. The number of sulfonamides is 1. The maximum Gasteiger partial charge on any atom is 0.240 e. The lowest BCUT2D eigenvalue weighted by atomic mass is 9.83. The second-order valence-corrected chi connectivity index (χ2v) is 7.62. The molecule has 0 aromatic heterocycles. The van der Waals surface area contributed by atoms with Gasteiger partial charge in [-0.2, -0.15) is 0 Å². The van der Waals surface area contributed by atoms with Gasteiger partial charge < -0.3 is 10.1 Å². The van der Waals surface area contributed by atoms with Crippen molar-refractivity contribution >= 4 is 10.0 Å². The summed E-state index contributed by atoms with van der Waals surface area (Å²) in [5.41, 5.74) is 0.758. The van der Waals surface area contributed by atoms with Gasteiger partial charge in [0.2, 0.25) is 10.0 Å². The van der Waals surface area contributed by atoms with Crippen LogP contribution in [0.3, 0.4) is 0 Å². The van der Waals surface area contributed by atoms with E-state index >= 15 is 0 Å². The summed E-state index contributed by atoms with van der Waals surface area (Å²) in [6, 6.07) is 7.10. The van der Waals surface area contributed by atoms with E-state index in [-0.39, 0.29) is 5.41 Å². The summed E-state index contributed by atoms with van der Waals surface area (Å²) >= 11 is 0. The third-order valence-electron chi connectivity index (χ3n) is 4.02. The fourth-order valence-corrected chi connectivity index (χ4v) is 3.93. The van der Waals surface area contributed by atoms with Gasteiger partial charge in [-0.25, -0.2) is 13.1 Å². The minimum Gasteiger partial charge on any atom is -0.381 e. The van der Waals surface area contributed by atoms with Gasteiger partial charge in [0.15, 0.2) is 0 Å². The molecule has 0 amide bonds. The zero-order chi connectivity index (χ0) is 15.3. The van der Waals surface area contributed by atoms with Crippen LogP contribution in [0.25, 0.3) is 0 Å². The normalized spacial score (nSPS) is 18.6. The van der Waals surface area contributed by atoms with Crippen LogP contribution < -0.4 is 10.0 Å². The molecule has 21 heavy (non-hydrogen) atoms. The number of rotatable bonds is 6. The molecule has 1 aliphatic rings.